The van der Waals surface area contributed by atoms with E-state index >= 15 is 0 Å². The van der Waals surface area contributed by atoms with E-state index in [1.807, 2.05) is 12.1 Å². The normalized spacial score (nSPS) is 16.9. The molecule has 0 saturated carbocycles. The van der Waals surface area contributed by atoms with Gasteiger partial charge in [-0.25, -0.2) is 9.78 Å². The molecule has 0 aliphatic carbocycles. The minimum Gasteiger partial charge on any atom is -0.463 e. The van der Waals surface area contributed by atoms with E-state index in [1.165, 1.54) is 11.5 Å². The largest absolute Gasteiger partial charge is 0.463 e. The van der Waals surface area contributed by atoms with Gasteiger partial charge >= 0.3 is 5.97 Å². The number of pyridine rings is 1. The molecular formula is C23H25N5O2. The van der Waals surface area contributed by atoms with Crippen molar-refractivity contribution in [1.29, 1.82) is 0 Å². The van der Waals surface area contributed by atoms with Gasteiger partial charge in [0.15, 0.2) is 0 Å². The zero-order chi connectivity index (χ0) is 20.8. The van der Waals surface area contributed by atoms with Crippen LogP contribution in [0.25, 0.3) is 17.0 Å². The summed E-state index contributed by atoms with van der Waals surface area (Å²) in [5.41, 5.74) is 2.74. The second-order valence-corrected chi connectivity index (χ2v) is 7.27. The number of nitrogens with zero attached hydrogens (tertiary/aromatic N) is 4. The summed E-state index contributed by atoms with van der Waals surface area (Å²) in [7, 11) is 0. The Morgan fingerprint density at radius 3 is 2.97 bits per heavy atom. The van der Waals surface area contributed by atoms with Crippen LogP contribution in [0.3, 0.4) is 0 Å². The number of hydrogen-bond donors (Lipinski definition) is 1. The molecule has 7 heteroatoms. The second-order valence-electron chi connectivity index (χ2n) is 7.27. The van der Waals surface area contributed by atoms with Crippen LogP contribution in [0.2, 0.25) is 0 Å². The van der Waals surface area contributed by atoms with Gasteiger partial charge in [-0.15, -0.1) is 0 Å². The van der Waals surface area contributed by atoms with Crippen molar-refractivity contribution in [3.05, 3.63) is 66.3 Å². The molecular weight excluding hydrogens is 378 g/mol. The molecule has 0 radical (unpaired) electrons. The number of fused-ring (bicyclic) bond motifs is 1. The Morgan fingerprint density at radius 1 is 1.23 bits per heavy atom. The lowest BCUT2D eigenvalue weighted by atomic mass is 10.2. The Labute approximate surface area is 175 Å². The molecule has 0 unspecified atom stereocenters. The van der Waals surface area contributed by atoms with Crippen molar-refractivity contribution in [2.45, 2.75) is 25.9 Å². The first-order valence-corrected chi connectivity index (χ1v) is 10.2. The summed E-state index contributed by atoms with van der Waals surface area (Å²) in [6, 6.07) is 12.8. The summed E-state index contributed by atoms with van der Waals surface area (Å²) in [5.74, 6) is 0.354. The van der Waals surface area contributed by atoms with Crippen molar-refractivity contribution in [2.24, 2.45) is 0 Å². The first kappa shape index (κ1) is 20.0. The van der Waals surface area contributed by atoms with E-state index in [1.54, 1.807) is 25.4 Å². The third-order valence-corrected chi connectivity index (χ3v) is 5.01. The highest BCUT2D eigenvalue weighted by atomic mass is 16.5. The van der Waals surface area contributed by atoms with Gasteiger partial charge in [0.05, 0.1) is 35.9 Å². The van der Waals surface area contributed by atoms with Crippen molar-refractivity contribution < 1.29 is 9.53 Å². The maximum absolute atomic E-state index is 11.4. The van der Waals surface area contributed by atoms with E-state index in [4.69, 9.17) is 9.72 Å². The van der Waals surface area contributed by atoms with Crippen molar-refractivity contribution in [1.82, 2.24) is 19.9 Å². The molecule has 4 rings (SSSR count). The third-order valence-electron chi connectivity index (χ3n) is 5.01. The van der Waals surface area contributed by atoms with E-state index in [0.717, 1.165) is 43.1 Å². The van der Waals surface area contributed by atoms with Crippen molar-refractivity contribution in [3.63, 3.8) is 0 Å². The molecule has 0 bridgehead atoms. The quantitative estimate of drug-likeness (QED) is 0.479. The standard InChI is InChI=1S/C23H25N5O2/c1-2-30-23(29)10-9-18-13-25-22(14-24-18)27-20-11-12-28(16-20)15-19-8-7-17-5-3-4-6-21(17)26-19/h3-10,13-14,20H,2,11-12,15-16H2,1H3,(H,25,27)/b10-9+/t20-/m1/s1. The van der Waals surface area contributed by atoms with Gasteiger partial charge in [0, 0.05) is 37.1 Å². The van der Waals surface area contributed by atoms with Gasteiger partial charge in [0.2, 0.25) is 0 Å². The zero-order valence-electron chi connectivity index (χ0n) is 17.0. The van der Waals surface area contributed by atoms with E-state index in [9.17, 15) is 4.79 Å². The summed E-state index contributed by atoms with van der Waals surface area (Å²) in [6.07, 6.45) is 7.33. The Morgan fingerprint density at radius 2 is 2.13 bits per heavy atom. The SMILES string of the molecule is CCOC(=O)/C=C/c1cnc(N[C@@H]2CCN(Cc3ccc4ccccc4n3)C2)cn1. The number of hydrogen-bond acceptors (Lipinski definition) is 7. The summed E-state index contributed by atoms with van der Waals surface area (Å²) in [4.78, 5) is 27.3. The van der Waals surface area contributed by atoms with Gasteiger partial charge in [-0.3, -0.25) is 14.9 Å². The van der Waals surface area contributed by atoms with Crippen molar-refractivity contribution >= 4 is 28.8 Å². The van der Waals surface area contributed by atoms with Crippen LogP contribution >= 0.6 is 0 Å². The summed E-state index contributed by atoms with van der Waals surface area (Å²) in [5, 5.41) is 4.62. The summed E-state index contributed by atoms with van der Waals surface area (Å²) >= 11 is 0. The number of nitrogens with one attached hydrogen (secondary N) is 1. The molecule has 7 nitrogen and oxygen atoms in total. The topological polar surface area (TPSA) is 80.2 Å². The zero-order valence-corrected chi connectivity index (χ0v) is 17.0. The number of para-hydroxylation sites is 1. The van der Waals surface area contributed by atoms with E-state index in [2.05, 4.69) is 44.5 Å². The van der Waals surface area contributed by atoms with E-state index < -0.39 is 0 Å². The molecule has 1 saturated heterocycles. The molecule has 1 aliphatic rings. The molecule has 3 aromatic rings. The monoisotopic (exact) mass is 403 g/mol. The number of ether oxygens (including phenoxy) is 1. The highest BCUT2D eigenvalue weighted by Crippen LogP contribution is 2.18. The Bertz CT molecular complexity index is 1040. The van der Waals surface area contributed by atoms with Gasteiger partial charge in [-0.05, 0) is 31.6 Å². The highest BCUT2D eigenvalue weighted by molar-refractivity contribution is 5.86. The average molecular weight is 403 g/mol. The maximum atomic E-state index is 11.4. The molecule has 0 spiro atoms. The number of carbonyl (C=O) groups is 1. The molecule has 1 N–H and O–H groups in total. The van der Waals surface area contributed by atoms with Crippen LogP contribution in [0.5, 0.6) is 0 Å². The van der Waals surface area contributed by atoms with Crippen LogP contribution in [0.15, 0.2) is 54.9 Å². The number of aromatic nitrogens is 3. The molecule has 1 aliphatic heterocycles. The fraction of sp³-hybridized carbons (Fsp3) is 0.304. The molecule has 1 aromatic carbocycles. The van der Waals surface area contributed by atoms with Crippen LogP contribution < -0.4 is 5.32 Å². The second kappa shape index (κ2) is 9.45. The predicted octanol–water partition coefficient (Wildman–Crippen LogP) is 3.29. The molecule has 1 fully saturated rings. The first-order valence-electron chi connectivity index (χ1n) is 10.2. The predicted molar refractivity (Wildman–Crippen MR) is 117 cm³/mol. The molecule has 1 atom stereocenters. The molecule has 3 heterocycles. The van der Waals surface area contributed by atoms with Crippen LogP contribution in [-0.2, 0) is 16.1 Å². The van der Waals surface area contributed by atoms with Crippen LogP contribution in [0, 0.1) is 0 Å². The lowest BCUT2D eigenvalue weighted by molar-refractivity contribution is -0.137. The van der Waals surface area contributed by atoms with Crippen LogP contribution in [-0.4, -0.2) is 51.6 Å². The smallest absolute Gasteiger partial charge is 0.330 e. The maximum Gasteiger partial charge on any atom is 0.330 e. The van der Waals surface area contributed by atoms with Gasteiger partial charge in [-0.2, -0.15) is 0 Å². The number of carbonyl (C=O) groups excluding carboxylic acids is 1. The lowest BCUT2D eigenvalue weighted by Crippen LogP contribution is -2.26. The summed E-state index contributed by atoms with van der Waals surface area (Å²) < 4.78 is 4.85. The Hall–Kier alpha value is -3.32. The number of anilines is 1. The van der Waals surface area contributed by atoms with E-state index in [0.29, 0.717) is 18.3 Å². The Kier molecular flexibility index (Phi) is 6.29. The minimum absolute atomic E-state index is 0.320. The fourth-order valence-corrected chi connectivity index (χ4v) is 3.57. The number of esters is 1. The minimum atomic E-state index is -0.381. The Balaban J connectivity index is 1.29. The fourth-order valence-electron chi connectivity index (χ4n) is 3.57. The van der Waals surface area contributed by atoms with Gasteiger partial charge in [-0.1, -0.05) is 24.3 Å². The number of benzene rings is 1. The van der Waals surface area contributed by atoms with E-state index in [-0.39, 0.29) is 5.97 Å². The van der Waals surface area contributed by atoms with Gasteiger partial charge < -0.3 is 10.1 Å². The number of likely N-dealkylation sites (tertiary alicyclic amines) is 1. The number of rotatable bonds is 7. The van der Waals surface area contributed by atoms with Crippen molar-refractivity contribution in [3.8, 4) is 0 Å². The molecule has 30 heavy (non-hydrogen) atoms. The van der Waals surface area contributed by atoms with Gasteiger partial charge in [0.25, 0.3) is 0 Å². The van der Waals surface area contributed by atoms with Crippen molar-refractivity contribution in [2.75, 3.05) is 25.0 Å². The lowest BCUT2D eigenvalue weighted by Gasteiger charge is -2.17. The molecule has 0 amide bonds. The van der Waals surface area contributed by atoms with Gasteiger partial charge in [0.1, 0.15) is 5.82 Å². The summed E-state index contributed by atoms with van der Waals surface area (Å²) in [6.45, 7) is 4.91. The molecule has 2 aromatic heterocycles. The third kappa shape index (κ3) is 5.18. The first-order chi connectivity index (χ1) is 14.7. The average Bonchev–Trinajstić information content (AvgIpc) is 3.20. The highest BCUT2D eigenvalue weighted by Gasteiger charge is 2.23. The van der Waals surface area contributed by atoms with Crippen LogP contribution in [0.1, 0.15) is 24.7 Å². The molecule has 154 valence electrons. The van der Waals surface area contributed by atoms with Crippen LogP contribution in [0.4, 0.5) is 5.82 Å².